The van der Waals surface area contributed by atoms with Gasteiger partial charge in [0.1, 0.15) is 6.10 Å². The van der Waals surface area contributed by atoms with E-state index in [0.717, 1.165) is 19.3 Å². The second kappa shape index (κ2) is 37.3. The number of esters is 1. The van der Waals surface area contributed by atoms with Crippen LogP contribution >= 0.6 is 0 Å². The number of hydrogen-bond acceptors (Lipinski definition) is 4. The number of hydrogen-bond donors (Lipinski definition) is 1. The summed E-state index contributed by atoms with van der Waals surface area (Å²) in [4.78, 5) is 12.1. The first kappa shape index (κ1) is 42.1. The first-order valence-corrected chi connectivity index (χ1v) is 19.3. The third-order valence-corrected chi connectivity index (χ3v) is 8.59. The standard InChI is InChI=1S/C39H76O4/c1-3-5-7-9-11-13-14-15-16-17-18-19-20-21-22-23-24-25-26-27-28-30-32-34-39(41)43-38(36-40)37-42-35-33-31-29-12-10-8-6-4-2/h17-18,38,40H,3-16,19-37H2,1-2H3/b18-17-. The molecule has 0 amide bonds. The third kappa shape index (κ3) is 35.5. The molecule has 4 nitrogen and oxygen atoms in total. The highest BCUT2D eigenvalue weighted by Crippen LogP contribution is 2.14. The molecule has 0 aromatic rings. The Morgan fingerprint density at radius 2 is 0.907 bits per heavy atom. The van der Waals surface area contributed by atoms with E-state index < -0.39 is 6.10 Å². The van der Waals surface area contributed by atoms with Gasteiger partial charge in [-0.3, -0.25) is 4.79 Å². The van der Waals surface area contributed by atoms with Gasteiger partial charge in [-0.2, -0.15) is 0 Å². The molecule has 256 valence electrons. The van der Waals surface area contributed by atoms with E-state index in [1.54, 1.807) is 0 Å². The van der Waals surface area contributed by atoms with Gasteiger partial charge in [-0.05, 0) is 38.5 Å². The molecule has 0 aliphatic carbocycles. The van der Waals surface area contributed by atoms with Crippen LogP contribution in [0.1, 0.15) is 206 Å². The molecule has 1 N–H and O–H groups in total. The molecule has 0 saturated heterocycles. The fraction of sp³-hybridized carbons (Fsp3) is 0.923. The van der Waals surface area contributed by atoms with Crippen molar-refractivity contribution >= 4 is 5.97 Å². The van der Waals surface area contributed by atoms with Gasteiger partial charge in [0.05, 0.1) is 13.2 Å². The van der Waals surface area contributed by atoms with Crippen molar-refractivity contribution in [2.24, 2.45) is 0 Å². The average molecular weight is 609 g/mol. The van der Waals surface area contributed by atoms with Gasteiger partial charge in [-0.15, -0.1) is 0 Å². The molecule has 1 atom stereocenters. The lowest BCUT2D eigenvalue weighted by molar-refractivity contribution is -0.154. The Bertz CT molecular complexity index is 561. The summed E-state index contributed by atoms with van der Waals surface area (Å²) in [6.45, 7) is 5.35. The molecule has 0 bridgehead atoms. The van der Waals surface area contributed by atoms with Crippen LogP contribution in [0.3, 0.4) is 0 Å². The van der Waals surface area contributed by atoms with Crippen LogP contribution in [0.25, 0.3) is 0 Å². The number of unbranched alkanes of at least 4 members (excludes halogenated alkanes) is 26. The monoisotopic (exact) mass is 609 g/mol. The maximum Gasteiger partial charge on any atom is 0.306 e. The zero-order valence-corrected chi connectivity index (χ0v) is 29.2. The van der Waals surface area contributed by atoms with Gasteiger partial charge in [0, 0.05) is 13.0 Å². The van der Waals surface area contributed by atoms with Crippen LogP contribution in [0.15, 0.2) is 12.2 Å². The highest BCUT2D eigenvalue weighted by atomic mass is 16.6. The summed E-state index contributed by atoms with van der Waals surface area (Å²) in [5.74, 6) is -0.200. The Labute approximate surface area is 269 Å². The highest BCUT2D eigenvalue weighted by Gasteiger charge is 2.13. The van der Waals surface area contributed by atoms with Gasteiger partial charge in [0.2, 0.25) is 0 Å². The van der Waals surface area contributed by atoms with E-state index in [0.29, 0.717) is 19.6 Å². The number of rotatable bonds is 36. The molecular weight excluding hydrogens is 532 g/mol. The largest absolute Gasteiger partial charge is 0.457 e. The molecule has 1 unspecified atom stereocenters. The maximum atomic E-state index is 12.1. The van der Waals surface area contributed by atoms with Crippen molar-refractivity contribution in [2.75, 3.05) is 19.8 Å². The number of ether oxygens (including phenoxy) is 2. The maximum absolute atomic E-state index is 12.1. The summed E-state index contributed by atoms with van der Waals surface area (Å²) < 4.78 is 11.1. The third-order valence-electron chi connectivity index (χ3n) is 8.59. The smallest absolute Gasteiger partial charge is 0.306 e. The SMILES string of the molecule is CCCCCCCCCC/C=C\CCCCCCCCCCCCCC(=O)OC(CO)COCCCCCCCCCC. The first-order valence-electron chi connectivity index (χ1n) is 19.3. The van der Waals surface area contributed by atoms with Crippen LogP contribution in [0.5, 0.6) is 0 Å². The molecule has 0 heterocycles. The topological polar surface area (TPSA) is 55.8 Å². The van der Waals surface area contributed by atoms with E-state index in [4.69, 9.17) is 9.47 Å². The zero-order valence-electron chi connectivity index (χ0n) is 29.2. The molecule has 0 saturated carbocycles. The van der Waals surface area contributed by atoms with Gasteiger partial charge in [0.15, 0.2) is 0 Å². The summed E-state index contributed by atoms with van der Waals surface area (Å²) in [6.07, 6.45) is 42.7. The lowest BCUT2D eigenvalue weighted by Gasteiger charge is -2.16. The van der Waals surface area contributed by atoms with Crippen LogP contribution in [-0.4, -0.2) is 37.0 Å². The number of aliphatic hydroxyl groups excluding tert-OH is 1. The fourth-order valence-corrected chi connectivity index (χ4v) is 5.68. The Morgan fingerprint density at radius 3 is 1.33 bits per heavy atom. The van der Waals surface area contributed by atoms with Crippen molar-refractivity contribution in [3.05, 3.63) is 12.2 Å². The van der Waals surface area contributed by atoms with Crippen LogP contribution < -0.4 is 0 Å². The molecule has 0 aliphatic rings. The van der Waals surface area contributed by atoms with Crippen molar-refractivity contribution in [2.45, 2.75) is 213 Å². The predicted molar refractivity (Wildman–Crippen MR) is 187 cm³/mol. The molecule has 0 radical (unpaired) electrons. The lowest BCUT2D eigenvalue weighted by Crippen LogP contribution is -2.27. The van der Waals surface area contributed by atoms with E-state index in [1.807, 2.05) is 0 Å². The van der Waals surface area contributed by atoms with Gasteiger partial charge < -0.3 is 14.6 Å². The van der Waals surface area contributed by atoms with Crippen molar-refractivity contribution in [1.29, 1.82) is 0 Å². The minimum absolute atomic E-state index is 0.167. The summed E-state index contributed by atoms with van der Waals surface area (Å²) in [5.41, 5.74) is 0. The molecular formula is C39H76O4. The van der Waals surface area contributed by atoms with Gasteiger partial charge in [-0.1, -0.05) is 174 Å². The van der Waals surface area contributed by atoms with Crippen LogP contribution in [0.2, 0.25) is 0 Å². The average Bonchev–Trinajstić information content (AvgIpc) is 3.01. The van der Waals surface area contributed by atoms with Crippen molar-refractivity contribution < 1.29 is 19.4 Å². The minimum Gasteiger partial charge on any atom is -0.457 e. The second-order valence-corrected chi connectivity index (χ2v) is 13.0. The van der Waals surface area contributed by atoms with Crippen LogP contribution in [0.4, 0.5) is 0 Å². The first-order chi connectivity index (χ1) is 21.2. The van der Waals surface area contributed by atoms with E-state index in [1.165, 1.54) is 167 Å². The number of aliphatic hydroxyl groups is 1. The Kier molecular flexibility index (Phi) is 36.6. The van der Waals surface area contributed by atoms with Gasteiger partial charge in [0.25, 0.3) is 0 Å². The Hall–Kier alpha value is -0.870. The molecule has 0 rings (SSSR count). The van der Waals surface area contributed by atoms with Crippen molar-refractivity contribution in [1.82, 2.24) is 0 Å². The fourth-order valence-electron chi connectivity index (χ4n) is 5.68. The Balaban J connectivity index is 3.36. The summed E-state index contributed by atoms with van der Waals surface area (Å²) in [7, 11) is 0. The van der Waals surface area contributed by atoms with Crippen LogP contribution in [-0.2, 0) is 14.3 Å². The van der Waals surface area contributed by atoms with Crippen molar-refractivity contribution in [3.8, 4) is 0 Å². The molecule has 0 aromatic heterocycles. The molecule has 0 fully saturated rings. The highest BCUT2D eigenvalue weighted by molar-refractivity contribution is 5.69. The van der Waals surface area contributed by atoms with Gasteiger partial charge >= 0.3 is 5.97 Å². The van der Waals surface area contributed by atoms with E-state index >= 15 is 0 Å². The number of carbonyl (C=O) groups excluding carboxylic acids is 1. The summed E-state index contributed by atoms with van der Waals surface area (Å²) >= 11 is 0. The van der Waals surface area contributed by atoms with E-state index in [-0.39, 0.29) is 12.6 Å². The van der Waals surface area contributed by atoms with Crippen molar-refractivity contribution in [3.63, 3.8) is 0 Å². The zero-order chi connectivity index (χ0) is 31.3. The Morgan fingerprint density at radius 1 is 0.535 bits per heavy atom. The van der Waals surface area contributed by atoms with Crippen LogP contribution in [0, 0.1) is 0 Å². The van der Waals surface area contributed by atoms with E-state index in [9.17, 15) is 9.90 Å². The molecule has 0 aliphatic heterocycles. The summed E-state index contributed by atoms with van der Waals surface area (Å²) in [6, 6.07) is 0. The normalized spacial score (nSPS) is 12.3. The molecule has 0 aromatic carbocycles. The van der Waals surface area contributed by atoms with Gasteiger partial charge in [-0.25, -0.2) is 0 Å². The number of carbonyl (C=O) groups is 1. The second-order valence-electron chi connectivity index (χ2n) is 13.0. The number of allylic oxidation sites excluding steroid dienone is 2. The molecule has 0 spiro atoms. The molecule has 4 heteroatoms. The molecule has 43 heavy (non-hydrogen) atoms. The quantitative estimate of drug-likeness (QED) is 0.0437. The minimum atomic E-state index is -0.525. The lowest BCUT2D eigenvalue weighted by atomic mass is 10.0. The van der Waals surface area contributed by atoms with E-state index in [2.05, 4.69) is 26.0 Å². The summed E-state index contributed by atoms with van der Waals surface area (Å²) in [5, 5.41) is 9.52. The predicted octanol–water partition coefficient (Wildman–Crippen LogP) is 12.2.